The van der Waals surface area contributed by atoms with Crippen molar-refractivity contribution < 1.29 is 14.4 Å². The zero-order valence-corrected chi connectivity index (χ0v) is 9.08. The molecule has 0 bridgehead atoms. The molecule has 76 valence electrons. The van der Waals surface area contributed by atoms with Crippen LogP contribution in [0.25, 0.3) is 0 Å². The van der Waals surface area contributed by atoms with E-state index in [1.807, 2.05) is 13.8 Å². The topological polar surface area (TPSA) is 81.3 Å². The zero-order valence-electron chi connectivity index (χ0n) is 8.19. The summed E-state index contributed by atoms with van der Waals surface area (Å²) >= 11 is 0. The third-order valence-corrected chi connectivity index (χ3v) is 4.15. The Kier molecular flexibility index (Phi) is 4.12. The molecule has 4 nitrogen and oxygen atoms in total. The third-order valence-electron chi connectivity index (χ3n) is 2.73. The Morgan fingerprint density at radius 3 is 1.92 bits per heavy atom. The van der Waals surface area contributed by atoms with E-state index in [2.05, 4.69) is 0 Å². The van der Waals surface area contributed by atoms with Crippen molar-refractivity contribution in [3.8, 4) is 6.07 Å². The summed E-state index contributed by atoms with van der Waals surface area (Å²) in [6, 6.07) is 1.72. The molecule has 0 saturated heterocycles. The third kappa shape index (κ3) is 2.80. The first-order chi connectivity index (χ1) is 5.81. The van der Waals surface area contributed by atoms with Crippen LogP contribution in [-0.4, -0.2) is 15.4 Å². The minimum atomic E-state index is -4.29. The lowest BCUT2D eigenvalue weighted by molar-refractivity contribution is 0.266. The fourth-order valence-electron chi connectivity index (χ4n) is 1.27. The van der Waals surface area contributed by atoms with Crippen LogP contribution in [-0.2, 0) is 4.57 Å². The molecule has 0 aliphatic heterocycles. The molecule has 2 N–H and O–H groups in total. The molecule has 0 spiro atoms. The van der Waals surface area contributed by atoms with Gasteiger partial charge in [0.15, 0.2) is 5.66 Å². The minimum Gasteiger partial charge on any atom is -0.323 e. The van der Waals surface area contributed by atoms with Crippen LogP contribution >= 0.6 is 7.60 Å². The summed E-state index contributed by atoms with van der Waals surface area (Å²) in [6.45, 7) is 5.41. The van der Waals surface area contributed by atoms with E-state index in [-0.39, 0.29) is 0 Å². The maximum absolute atomic E-state index is 11.0. The van der Waals surface area contributed by atoms with E-state index >= 15 is 0 Å². The molecule has 0 fully saturated rings. The highest BCUT2D eigenvalue weighted by atomic mass is 31.2. The van der Waals surface area contributed by atoms with E-state index in [1.54, 1.807) is 13.0 Å². The monoisotopic (exact) mass is 205 g/mol. The molecular weight excluding hydrogens is 189 g/mol. The van der Waals surface area contributed by atoms with Crippen LogP contribution in [0.1, 0.15) is 33.6 Å². The number of hydrogen-bond donors (Lipinski definition) is 2. The van der Waals surface area contributed by atoms with Gasteiger partial charge in [-0.2, -0.15) is 5.26 Å². The van der Waals surface area contributed by atoms with E-state index in [0.717, 1.165) is 0 Å². The van der Waals surface area contributed by atoms with Gasteiger partial charge in [0.1, 0.15) is 0 Å². The Morgan fingerprint density at radius 2 is 1.85 bits per heavy atom. The molecule has 0 radical (unpaired) electrons. The number of rotatable bonds is 4. The van der Waals surface area contributed by atoms with Crippen molar-refractivity contribution in [2.45, 2.75) is 39.3 Å². The Bertz CT molecular complexity index is 249. The maximum Gasteiger partial charge on any atom is 0.343 e. The standard InChI is InChI=1S/C8H16NO3P/c1-4-8(3,5-2)7(6-9)13(10,11)12/h7H,4-5H2,1-3H3,(H2,10,11,12). The highest BCUT2D eigenvalue weighted by Gasteiger charge is 2.42. The molecular formula is C8H16NO3P. The van der Waals surface area contributed by atoms with Crippen LogP contribution < -0.4 is 0 Å². The SMILES string of the molecule is CCC(C)(CC)C(C#N)P(=O)(O)O. The Labute approximate surface area is 78.7 Å². The molecule has 1 atom stereocenters. The summed E-state index contributed by atoms with van der Waals surface area (Å²) in [5.41, 5.74) is -1.77. The molecule has 0 aliphatic carbocycles. The van der Waals surface area contributed by atoms with Crippen LogP contribution in [0.4, 0.5) is 0 Å². The predicted molar refractivity (Wildman–Crippen MR) is 50.1 cm³/mol. The first-order valence-electron chi connectivity index (χ1n) is 4.26. The number of nitriles is 1. The summed E-state index contributed by atoms with van der Waals surface area (Å²) < 4.78 is 11.0. The van der Waals surface area contributed by atoms with Crippen LogP contribution in [0.3, 0.4) is 0 Å². The zero-order chi connectivity index (χ0) is 10.7. The lowest BCUT2D eigenvalue weighted by Crippen LogP contribution is -2.29. The predicted octanol–water partition coefficient (Wildman–Crippen LogP) is 1.88. The van der Waals surface area contributed by atoms with E-state index < -0.39 is 18.7 Å². The van der Waals surface area contributed by atoms with Crippen molar-refractivity contribution in [1.82, 2.24) is 0 Å². The van der Waals surface area contributed by atoms with Gasteiger partial charge in [-0.3, -0.25) is 4.57 Å². The molecule has 0 aromatic rings. The summed E-state index contributed by atoms with van der Waals surface area (Å²) in [5, 5.41) is 8.72. The molecule has 0 aliphatic rings. The maximum atomic E-state index is 11.0. The van der Waals surface area contributed by atoms with Gasteiger partial charge in [-0.25, -0.2) is 0 Å². The van der Waals surface area contributed by atoms with Crippen molar-refractivity contribution in [2.24, 2.45) is 5.41 Å². The van der Waals surface area contributed by atoms with Crippen LogP contribution in [0, 0.1) is 16.7 Å². The average molecular weight is 205 g/mol. The van der Waals surface area contributed by atoms with Crippen LogP contribution in [0.2, 0.25) is 0 Å². The van der Waals surface area contributed by atoms with Crippen molar-refractivity contribution in [2.75, 3.05) is 0 Å². The van der Waals surface area contributed by atoms with E-state index in [9.17, 15) is 4.57 Å². The van der Waals surface area contributed by atoms with Crippen molar-refractivity contribution >= 4 is 7.60 Å². The van der Waals surface area contributed by atoms with Gasteiger partial charge in [0, 0.05) is 0 Å². The van der Waals surface area contributed by atoms with Gasteiger partial charge in [-0.05, 0) is 18.3 Å². The smallest absolute Gasteiger partial charge is 0.323 e. The number of hydrogen-bond acceptors (Lipinski definition) is 2. The molecule has 1 unspecified atom stereocenters. The second kappa shape index (κ2) is 4.23. The second-order valence-electron chi connectivity index (χ2n) is 3.48. The molecule has 0 amide bonds. The minimum absolute atomic E-state index is 0.590. The Morgan fingerprint density at radius 1 is 1.46 bits per heavy atom. The first kappa shape index (κ1) is 12.6. The highest BCUT2D eigenvalue weighted by Crippen LogP contribution is 2.51. The fraction of sp³-hybridized carbons (Fsp3) is 0.875. The normalized spacial score (nSPS) is 15.1. The summed E-state index contributed by atoms with van der Waals surface area (Å²) in [7, 11) is -4.29. The van der Waals surface area contributed by atoms with Crippen LogP contribution in [0.5, 0.6) is 0 Å². The first-order valence-corrected chi connectivity index (χ1v) is 5.94. The molecule has 0 aromatic carbocycles. The lowest BCUT2D eigenvalue weighted by atomic mass is 9.81. The van der Waals surface area contributed by atoms with Gasteiger partial charge in [0.2, 0.25) is 0 Å². The summed E-state index contributed by atoms with van der Waals surface area (Å²) in [6.07, 6.45) is 1.18. The van der Waals surface area contributed by atoms with E-state index in [4.69, 9.17) is 15.0 Å². The fourth-order valence-corrected chi connectivity index (χ4v) is 2.60. The largest absolute Gasteiger partial charge is 0.343 e. The highest BCUT2D eigenvalue weighted by molar-refractivity contribution is 7.53. The molecule has 5 heteroatoms. The van der Waals surface area contributed by atoms with Gasteiger partial charge < -0.3 is 9.79 Å². The van der Waals surface area contributed by atoms with Gasteiger partial charge in [0.25, 0.3) is 0 Å². The number of nitrogens with zero attached hydrogens (tertiary/aromatic N) is 1. The van der Waals surface area contributed by atoms with Gasteiger partial charge >= 0.3 is 7.60 Å². The second-order valence-corrected chi connectivity index (χ2v) is 5.18. The molecule has 0 rings (SSSR count). The average Bonchev–Trinajstić information content (AvgIpc) is 2.02. The van der Waals surface area contributed by atoms with Crippen LogP contribution in [0.15, 0.2) is 0 Å². The Balaban J connectivity index is 5.00. The van der Waals surface area contributed by atoms with Gasteiger partial charge in [-0.15, -0.1) is 0 Å². The molecule has 0 saturated carbocycles. The van der Waals surface area contributed by atoms with Crippen molar-refractivity contribution in [1.29, 1.82) is 5.26 Å². The lowest BCUT2D eigenvalue weighted by Gasteiger charge is -2.31. The molecule has 13 heavy (non-hydrogen) atoms. The summed E-state index contributed by atoms with van der Waals surface area (Å²) in [4.78, 5) is 17.9. The van der Waals surface area contributed by atoms with E-state index in [0.29, 0.717) is 12.8 Å². The van der Waals surface area contributed by atoms with Crippen molar-refractivity contribution in [3.05, 3.63) is 0 Å². The van der Waals surface area contributed by atoms with Gasteiger partial charge in [0.05, 0.1) is 6.07 Å². The van der Waals surface area contributed by atoms with E-state index in [1.165, 1.54) is 0 Å². The Hall–Kier alpha value is -0.360. The molecule has 0 heterocycles. The quantitative estimate of drug-likeness (QED) is 0.686. The summed E-state index contributed by atoms with van der Waals surface area (Å²) in [5.74, 6) is 0. The molecule has 0 aromatic heterocycles. The van der Waals surface area contributed by atoms with Crippen molar-refractivity contribution in [3.63, 3.8) is 0 Å². The van der Waals surface area contributed by atoms with Gasteiger partial charge in [-0.1, -0.05) is 20.8 Å².